The summed E-state index contributed by atoms with van der Waals surface area (Å²) in [5.41, 5.74) is 6.18. The van der Waals surface area contributed by atoms with Gasteiger partial charge in [-0.05, 0) is 30.2 Å². The first kappa shape index (κ1) is 11.7. The lowest BCUT2D eigenvalue weighted by Gasteiger charge is -2.12. The number of benzene rings is 1. The van der Waals surface area contributed by atoms with E-state index >= 15 is 0 Å². The Hall–Kier alpha value is -1.75. The third-order valence-electron chi connectivity index (χ3n) is 2.64. The Bertz CT molecular complexity index is 522. The lowest BCUT2D eigenvalue weighted by Crippen LogP contribution is -2.18. The Morgan fingerprint density at radius 1 is 1.41 bits per heavy atom. The van der Waals surface area contributed by atoms with Gasteiger partial charge in [-0.3, -0.25) is 0 Å². The minimum absolute atomic E-state index is 0.217. The van der Waals surface area contributed by atoms with Crippen LogP contribution in [0.15, 0.2) is 30.6 Å². The molecule has 5 heteroatoms. The van der Waals surface area contributed by atoms with E-state index in [1.165, 1.54) is 0 Å². The van der Waals surface area contributed by atoms with Crippen LogP contribution >= 0.6 is 0 Å². The first-order valence-electron chi connectivity index (χ1n) is 5.24. The van der Waals surface area contributed by atoms with Crippen molar-refractivity contribution in [1.82, 2.24) is 9.55 Å². The Balaban J connectivity index is 2.21. The molecule has 2 N–H and O–H groups in total. The second kappa shape index (κ2) is 4.63. The van der Waals surface area contributed by atoms with Gasteiger partial charge in [0.25, 0.3) is 0 Å². The van der Waals surface area contributed by atoms with E-state index in [4.69, 9.17) is 5.73 Å². The molecule has 1 aromatic heterocycles. The Kier molecular flexibility index (Phi) is 3.19. The van der Waals surface area contributed by atoms with Crippen LogP contribution in [-0.4, -0.2) is 9.55 Å². The number of nitrogens with two attached hydrogens (primary N) is 1. The molecule has 3 nitrogen and oxygen atoms in total. The fourth-order valence-corrected chi connectivity index (χ4v) is 1.76. The third kappa shape index (κ3) is 2.50. The highest BCUT2D eigenvalue weighted by Crippen LogP contribution is 2.17. The molecule has 0 aliphatic heterocycles. The van der Waals surface area contributed by atoms with Gasteiger partial charge in [-0.1, -0.05) is 0 Å². The summed E-state index contributed by atoms with van der Waals surface area (Å²) in [5.74, 6) is -0.266. The molecule has 1 heterocycles. The van der Waals surface area contributed by atoms with Gasteiger partial charge < -0.3 is 10.3 Å². The molecule has 0 aliphatic rings. The zero-order valence-electron chi connectivity index (χ0n) is 9.40. The van der Waals surface area contributed by atoms with Crippen LogP contribution in [0.2, 0.25) is 0 Å². The van der Waals surface area contributed by atoms with Gasteiger partial charge in [-0.2, -0.15) is 0 Å². The van der Waals surface area contributed by atoms with Crippen molar-refractivity contribution in [2.75, 3.05) is 0 Å². The van der Waals surface area contributed by atoms with Crippen molar-refractivity contribution >= 4 is 0 Å². The molecule has 0 radical (unpaired) electrons. The van der Waals surface area contributed by atoms with Gasteiger partial charge in [0.15, 0.2) is 0 Å². The van der Waals surface area contributed by atoms with Crippen LogP contribution in [-0.2, 0) is 13.5 Å². The molecule has 1 unspecified atom stereocenters. The van der Waals surface area contributed by atoms with Crippen LogP contribution in [0.1, 0.15) is 17.4 Å². The van der Waals surface area contributed by atoms with E-state index in [0.29, 0.717) is 5.82 Å². The van der Waals surface area contributed by atoms with Crippen LogP contribution in [0.3, 0.4) is 0 Å². The van der Waals surface area contributed by atoms with Gasteiger partial charge in [-0.15, -0.1) is 0 Å². The molecule has 0 amide bonds. The van der Waals surface area contributed by atoms with Crippen molar-refractivity contribution in [3.05, 3.63) is 53.6 Å². The van der Waals surface area contributed by atoms with Crippen LogP contribution in [0, 0.1) is 11.6 Å². The number of halogens is 2. The first-order chi connectivity index (χ1) is 8.08. The van der Waals surface area contributed by atoms with E-state index in [9.17, 15) is 8.78 Å². The molecule has 1 atom stereocenters. The summed E-state index contributed by atoms with van der Waals surface area (Å²) in [6.07, 6.45) is 3.60. The molecular weight excluding hydrogens is 224 g/mol. The number of aromatic nitrogens is 2. The van der Waals surface area contributed by atoms with Crippen LogP contribution in [0.25, 0.3) is 0 Å². The number of rotatable bonds is 3. The summed E-state index contributed by atoms with van der Waals surface area (Å²) < 4.78 is 28.2. The molecule has 0 fully saturated rings. The van der Waals surface area contributed by atoms with Gasteiger partial charge in [0.2, 0.25) is 0 Å². The minimum Gasteiger partial charge on any atom is -0.337 e. The van der Waals surface area contributed by atoms with E-state index in [2.05, 4.69) is 4.98 Å². The minimum atomic E-state index is -0.464. The molecule has 0 saturated heterocycles. The lowest BCUT2D eigenvalue weighted by molar-refractivity contribution is 0.561. The van der Waals surface area contributed by atoms with Gasteiger partial charge in [0.1, 0.15) is 17.5 Å². The maximum absolute atomic E-state index is 13.4. The van der Waals surface area contributed by atoms with E-state index in [0.717, 1.165) is 18.2 Å². The zero-order valence-corrected chi connectivity index (χ0v) is 9.40. The van der Waals surface area contributed by atoms with Crippen molar-refractivity contribution < 1.29 is 8.78 Å². The standard InChI is InChI=1S/C12H13F2N3/c1-17-5-4-16-12(17)11(15)7-8-6-9(13)2-3-10(8)14/h2-6,11H,7,15H2,1H3. The molecule has 1 aromatic carbocycles. The summed E-state index contributed by atoms with van der Waals surface area (Å²) in [5, 5.41) is 0. The van der Waals surface area contributed by atoms with E-state index in [1.54, 1.807) is 17.0 Å². The maximum atomic E-state index is 13.4. The number of aryl methyl sites for hydroxylation is 1. The molecule has 2 rings (SSSR count). The molecule has 0 aliphatic carbocycles. The zero-order chi connectivity index (χ0) is 12.4. The highest BCUT2D eigenvalue weighted by Gasteiger charge is 2.14. The number of hydrogen-bond acceptors (Lipinski definition) is 2. The first-order valence-corrected chi connectivity index (χ1v) is 5.24. The van der Waals surface area contributed by atoms with Crippen molar-refractivity contribution in [3.63, 3.8) is 0 Å². The predicted octanol–water partition coefficient (Wildman–Crippen LogP) is 1.94. The van der Waals surface area contributed by atoms with E-state index < -0.39 is 17.7 Å². The van der Waals surface area contributed by atoms with Gasteiger partial charge in [0, 0.05) is 19.4 Å². The molecule has 0 bridgehead atoms. The molecule has 90 valence electrons. The predicted molar refractivity (Wildman–Crippen MR) is 60.2 cm³/mol. The van der Waals surface area contributed by atoms with Crippen LogP contribution < -0.4 is 5.73 Å². The Labute approximate surface area is 97.9 Å². The quantitative estimate of drug-likeness (QED) is 0.886. The van der Waals surface area contributed by atoms with Gasteiger partial charge >= 0.3 is 0 Å². The SMILES string of the molecule is Cn1ccnc1C(N)Cc1cc(F)ccc1F. The summed E-state index contributed by atoms with van der Waals surface area (Å²) in [6.45, 7) is 0. The smallest absolute Gasteiger partial charge is 0.126 e. The average Bonchev–Trinajstić information content (AvgIpc) is 2.70. The second-order valence-corrected chi connectivity index (χ2v) is 3.94. The fourth-order valence-electron chi connectivity index (χ4n) is 1.76. The van der Waals surface area contributed by atoms with Gasteiger partial charge in [0.05, 0.1) is 6.04 Å². The molecule has 0 saturated carbocycles. The van der Waals surface area contributed by atoms with Crippen LogP contribution in [0.4, 0.5) is 8.78 Å². The number of imidazole rings is 1. The van der Waals surface area contributed by atoms with E-state index in [1.807, 2.05) is 7.05 Å². The largest absolute Gasteiger partial charge is 0.337 e. The summed E-state index contributed by atoms with van der Waals surface area (Å²) in [6, 6.07) is 2.91. The van der Waals surface area contributed by atoms with Crippen molar-refractivity contribution in [3.8, 4) is 0 Å². The summed E-state index contributed by atoms with van der Waals surface area (Å²) in [4.78, 5) is 4.09. The molecular formula is C12H13F2N3. The maximum Gasteiger partial charge on any atom is 0.126 e. The third-order valence-corrected chi connectivity index (χ3v) is 2.64. The molecule has 17 heavy (non-hydrogen) atoms. The van der Waals surface area contributed by atoms with Crippen molar-refractivity contribution in [2.24, 2.45) is 12.8 Å². The van der Waals surface area contributed by atoms with Crippen LogP contribution in [0.5, 0.6) is 0 Å². The monoisotopic (exact) mass is 237 g/mol. The molecule has 0 spiro atoms. The number of hydrogen-bond donors (Lipinski definition) is 1. The normalized spacial score (nSPS) is 12.7. The van der Waals surface area contributed by atoms with Gasteiger partial charge in [-0.25, -0.2) is 13.8 Å². The van der Waals surface area contributed by atoms with Crippen molar-refractivity contribution in [2.45, 2.75) is 12.5 Å². The summed E-state index contributed by atoms with van der Waals surface area (Å²) in [7, 11) is 1.81. The molecule has 2 aromatic rings. The Morgan fingerprint density at radius 2 is 2.18 bits per heavy atom. The summed E-state index contributed by atoms with van der Waals surface area (Å²) >= 11 is 0. The highest BCUT2D eigenvalue weighted by atomic mass is 19.1. The Morgan fingerprint density at radius 3 is 2.82 bits per heavy atom. The fraction of sp³-hybridized carbons (Fsp3) is 0.250. The lowest BCUT2D eigenvalue weighted by atomic mass is 10.1. The number of nitrogens with zero attached hydrogens (tertiary/aromatic N) is 2. The van der Waals surface area contributed by atoms with Crippen molar-refractivity contribution in [1.29, 1.82) is 0 Å². The average molecular weight is 237 g/mol. The second-order valence-electron chi connectivity index (χ2n) is 3.94. The topological polar surface area (TPSA) is 43.8 Å². The van der Waals surface area contributed by atoms with E-state index in [-0.39, 0.29) is 12.0 Å². The highest BCUT2D eigenvalue weighted by molar-refractivity contribution is 5.20.